The third-order valence-electron chi connectivity index (χ3n) is 5.27. The lowest BCUT2D eigenvalue weighted by Gasteiger charge is -2.26. The van der Waals surface area contributed by atoms with Crippen LogP contribution in [0.4, 0.5) is 5.69 Å². The van der Waals surface area contributed by atoms with E-state index in [2.05, 4.69) is 5.32 Å². The highest BCUT2D eigenvalue weighted by atomic mass is 32.2. The third-order valence-corrected chi connectivity index (χ3v) is 7.04. The van der Waals surface area contributed by atoms with Crippen molar-refractivity contribution in [1.82, 2.24) is 5.32 Å². The zero-order chi connectivity index (χ0) is 25.4. The number of nitrogens with zero attached hydrogens (tertiary/aromatic N) is 1. The zero-order valence-electron chi connectivity index (χ0n) is 20.3. The molecule has 3 aromatic rings. The number of methoxy groups -OCH3 is 2. The lowest BCUT2D eigenvalue weighted by atomic mass is 10.2. The Hall–Kier alpha value is -3.72. The van der Waals surface area contributed by atoms with Gasteiger partial charge in [-0.25, -0.2) is 8.42 Å². The molecule has 0 saturated carbocycles. The molecule has 0 saturated heterocycles. The Balaban J connectivity index is 1.89. The first-order valence-corrected chi connectivity index (χ1v) is 12.5. The molecular formula is C26H30N2O6S. The Labute approximate surface area is 206 Å². The second-order valence-electron chi connectivity index (χ2n) is 7.69. The molecule has 0 bridgehead atoms. The Bertz CT molecular complexity index is 1260. The van der Waals surface area contributed by atoms with E-state index in [0.717, 1.165) is 15.4 Å². The molecule has 3 rings (SSSR count). The molecule has 0 aromatic heterocycles. The summed E-state index contributed by atoms with van der Waals surface area (Å²) in [5.41, 5.74) is 1.99. The SMILES string of the molecule is CCOc1ccccc1N(CC(=O)NCc1ccc(OC)c(OC)c1)S(=O)(=O)c1ccc(C)cc1. The van der Waals surface area contributed by atoms with Crippen LogP contribution in [0.15, 0.2) is 71.6 Å². The maximum Gasteiger partial charge on any atom is 0.264 e. The Kier molecular flexibility index (Phi) is 8.59. The van der Waals surface area contributed by atoms with Crippen molar-refractivity contribution in [2.24, 2.45) is 0 Å². The third kappa shape index (κ3) is 6.24. The second-order valence-corrected chi connectivity index (χ2v) is 9.55. The topological polar surface area (TPSA) is 94.2 Å². The van der Waals surface area contributed by atoms with Crippen LogP contribution in [0, 0.1) is 6.92 Å². The van der Waals surface area contributed by atoms with E-state index < -0.39 is 22.5 Å². The largest absolute Gasteiger partial charge is 0.493 e. The number of ether oxygens (including phenoxy) is 3. The molecule has 0 radical (unpaired) electrons. The van der Waals surface area contributed by atoms with Crippen molar-refractivity contribution < 1.29 is 27.4 Å². The van der Waals surface area contributed by atoms with Crippen molar-refractivity contribution in [2.75, 3.05) is 31.7 Å². The lowest BCUT2D eigenvalue weighted by Crippen LogP contribution is -2.40. The van der Waals surface area contributed by atoms with Gasteiger partial charge in [0.25, 0.3) is 10.0 Å². The molecule has 0 spiro atoms. The maximum absolute atomic E-state index is 13.6. The average molecular weight is 499 g/mol. The number of aryl methyl sites for hydroxylation is 1. The van der Waals surface area contributed by atoms with E-state index in [1.807, 2.05) is 13.8 Å². The van der Waals surface area contributed by atoms with Gasteiger partial charge < -0.3 is 19.5 Å². The summed E-state index contributed by atoms with van der Waals surface area (Å²) in [4.78, 5) is 13.1. The highest BCUT2D eigenvalue weighted by Gasteiger charge is 2.29. The Morgan fingerprint density at radius 2 is 1.60 bits per heavy atom. The normalized spacial score (nSPS) is 11.0. The molecule has 0 aliphatic heterocycles. The predicted octanol–water partition coefficient (Wildman–Crippen LogP) is 3.92. The molecule has 1 amide bonds. The highest BCUT2D eigenvalue weighted by Crippen LogP contribution is 2.32. The molecule has 8 nitrogen and oxygen atoms in total. The summed E-state index contributed by atoms with van der Waals surface area (Å²) >= 11 is 0. The molecule has 3 aromatic carbocycles. The molecule has 0 aliphatic carbocycles. The fourth-order valence-corrected chi connectivity index (χ4v) is 4.89. The number of amides is 1. The molecule has 9 heteroatoms. The zero-order valence-corrected chi connectivity index (χ0v) is 21.1. The van der Waals surface area contributed by atoms with Gasteiger partial charge in [0.15, 0.2) is 11.5 Å². The standard InChI is InChI=1S/C26H30N2O6S/c1-5-34-23-9-7-6-8-22(23)28(35(30,31)21-13-10-19(2)11-14-21)18-26(29)27-17-20-12-15-24(32-3)25(16-20)33-4/h6-16H,5,17-18H2,1-4H3,(H,27,29). The van der Waals surface area contributed by atoms with Crippen molar-refractivity contribution in [1.29, 1.82) is 0 Å². The van der Waals surface area contributed by atoms with Gasteiger partial charge in [-0.1, -0.05) is 35.9 Å². The number of carbonyl (C=O) groups excluding carboxylic acids is 1. The number of hydrogen-bond acceptors (Lipinski definition) is 6. The Morgan fingerprint density at radius 1 is 0.914 bits per heavy atom. The average Bonchev–Trinajstić information content (AvgIpc) is 2.86. The number of carbonyl (C=O) groups is 1. The minimum Gasteiger partial charge on any atom is -0.493 e. The second kappa shape index (κ2) is 11.6. The van der Waals surface area contributed by atoms with Gasteiger partial charge >= 0.3 is 0 Å². The van der Waals surface area contributed by atoms with E-state index in [4.69, 9.17) is 14.2 Å². The van der Waals surface area contributed by atoms with Gasteiger partial charge in [0, 0.05) is 6.54 Å². The first kappa shape index (κ1) is 25.9. The monoisotopic (exact) mass is 498 g/mol. The molecule has 0 atom stereocenters. The lowest BCUT2D eigenvalue weighted by molar-refractivity contribution is -0.119. The molecule has 35 heavy (non-hydrogen) atoms. The highest BCUT2D eigenvalue weighted by molar-refractivity contribution is 7.92. The van der Waals surface area contributed by atoms with Gasteiger partial charge in [-0.15, -0.1) is 0 Å². The number of sulfonamides is 1. The van der Waals surface area contributed by atoms with Crippen molar-refractivity contribution >= 4 is 21.6 Å². The predicted molar refractivity (Wildman–Crippen MR) is 135 cm³/mol. The van der Waals surface area contributed by atoms with Gasteiger partial charge in [-0.3, -0.25) is 9.10 Å². The number of benzene rings is 3. The smallest absolute Gasteiger partial charge is 0.264 e. The van der Waals surface area contributed by atoms with Crippen LogP contribution in [0.3, 0.4) is 0 Å². The number of hydrogen-bond donors (Lipinski definition) is 1. The van der Waals surface area contributed by atoms with E-state index in [0.29, 0.717) is 23.9 Å². The van der Waals surface area contributed by atoms with Crippen LogP contribution in [0.2, 0.25) is 0 Å². The minimum atomic E-state index is -4.05. The van der Waals surface area contributed by atoms with Crippen molar-refractivity contribution in [3.63, 3.8) is 0 Å². The number of nitrogens with one attached hydrogen (secondary N) is 1. The fourth-order valence-electron chi connectivity index (χ4n) is 3.46. The van der Waals surface area contributed by atoms with Gasteiger partial charge in [0.05, 0.1) is 31.4 Å². The summed E-state index contributed by atoms with van der Waals surface area (Å²) in [7, 11) is -0.978. The first-order valence-electron chi connectivity index (χ1n) is 11.1. The van der Waals surface area contributed by atoms with Crippen LogP contribution < -0.4 is 23.8 Å². The first-order chi connectivity index (χ1) is 16.8. The molecule has 1 N–H and O–H groups in total. The summed E-state index contributed by atoms with van der Waals surface area (Å²) in [6.45, 7) is 3.80. The number of anilines is 1. The fraction of sp³-hybridized carbons (Fsp3) is 0.269. The minimum absolute atomic E-state index is 0.0853. The van der Waals surface area contributed by atoms with Gasteiger partial charge in [-0.2, -0.15) is 0 Å². The molecule has 0 fully saturated rings. The van der Waals surface area contributed by atoms with Crippen molar-refractivity contribution in [2.45, 2.75) is 25.3 Å². The van der Waals surface area contributed by atoms with Crippen LogP contribution in [0.1, 0.15) is 18.1 Å². The van der Waals surface area contributed by atoms with Crippen molar-refractivity contribution in [3.8, 4) is 17.2 Å². The van der Waals surface area contributed by atoms with Crippen LogP contribution in [0.5, 0.6) is 17.2 Å². The molecular weight excluding hydrogens is 468 g/mol. The van der Waals surface area contributed by atoms with Crippen LogP contribution in [-0.2, 0) is 21.4 Å². The van der Waals surface area contributed by atoms with Gasteiger partial charge in [0.2, 0.25) is 5.91 Å². The number of rotatable bonds is 11. The van der Waals surface area contributed by atoms with Gasteiger partial charge in [0.1, 0.15) is 12.3 Å². The van der Waals surface area contributed by atoms with Crippen LogP contribution in [0.25, 0.3) is 0 Å². The maximum atomic E-state index is 13.6. The van der Waals surface area contributed by atoms with E-state index in [1.165, 1.54) is 19.2 Å². The van der Waals surface area contributed by atoms with E-state index in [-0.39, 0.29) is 17.1 Å². The van der Waals surface area contributed by atoms with E-state index in [1.54, 1.807) is 61.7 Å². The molecule has 0 heterocycles. The quantitative estimate of drug-likeness (QED) is 0.431. The molecule has 0 unspecified atom stereocenters. The van der Waals surface area contributed by atoms with E-state index >= 15 is 0 Å². The Morgan fingerprint density at radius 3 is 2.26 bits per heavy atom. The van der Waals surface area contributed by atoms with Gasteiger partial charge in [-0.05, 0) is 55.8 Å². The van der Waals surface area contributed by atoms with Crippen molar-refractivity contribution in [3.05, 3.63) is 77.9 Å². The molecule has 0 aliphatic rings. The van der Waals surface area contributed by atoms with E-state index in [9.17, 15) is 13.2 Å². The molecule has 186 valence electrons. The summed E-state index contributed by atoms with van der Waals surface area (Å²) in [5, 5.41) is 2.79. The summed E-state index contributed by atoms with van der Waals surface area (Å²) in [5.74, 6) is 1.01. The van der Waals surface area contributed by atoms with Crippen LogP contribution in [-0.4, -0.2) is 41.7 Å². The number of para-hydroxylation sites is 2. The summed E-state index contributed by atoms with van der Waals surface area (Å²) in [6, 6.07) is 18.6. The summed E-state index contributed by atoms with van der Waals surface area (Å²) in [6.07, 6.45) is 0. The van der Waals surface area contributed by atoms with Crippen LogP contribution >= 0.6 is 0 Å². The summed E-state index contributed by atoms with van der Waals surface area (Å²) < 4.78 is 44.5.